The standard InChI is InChI=1S/C20H22N6O2/c1-20(2,3)28-11-17(27)14-7-15-10-24-26(19(15)21-9-14)16-6-4-5-13(8-16)18-22-12-23-25-18/h4-10,12,17,27H,11H2,1-3H3,(H,22,23,25)/t17-/m0/s1. The summed E-state index contributed by atoms with van der Waals surface area (Å²) in [6, 6.07) is 9.70. The zero-order valence-corrected chi connectivity index (χ0v) is 16.0. The molecule has 2 N–H and O–H groups in total. The summed E-state index contributed by atoms with van der Waals surface area (Å²) >= 11 is 0. The summed E-state index contributed by atoms with van der Waals surface area (Å²) in [6.45, 7) is 6.08. The monoisotopic (exact) mass is 378 g/mol. The number of nitrogens with one attached hydrogen (secondary N) is 1. The maximum Gasteiger partial charge on any atom is 0.162 e. The van der Waals surface area contributed by atoms with Crippen LogP contribution in [0.15, 0.2) is 49.1 Å². The number of hydrogen-bond acceptors (Lipinski definition) is 6. The van der Waals surface area contributed by atoms with Crippen LogP contribution in [-0.2, 0) is 4.74 Å². The summed E-state index contributed by atoms with van der Waals surface area (Å²) in [7, 11) is 0. The second-order valence-electron chi connectivity index (χ2n) is 7.56. The molecule has 0 saturated heterocycles. The van der Waals surface area contributed by atoms with Gasteiger partial charge in [0.1, 0.15) is 12.4 Å². The Morgan fingerprint density at radius 2 is 2.04 bits per heavy atom. The van der Waals surface area contributed by atoms with Crippen molar-refractivity contribution in [3.8, 4) is 17.1 Å². The Morgan fingerprint density at radius 1 is 1.18 bits per heavy atom. The van der Waals surface area contributed by atoms with E-state index in [4.69, 9.17) is 4.74 Å². The van der Waals surface area contributed by atoms with Crippen molar-refractivity contribution in [2.24, 2.45) is 0 Å². The Kier molecular flexibility index (Phi) is 4.66. The minimum atomic E-state index is -0.741. The second kappa shape index (κ2) is 7.14. The second-order valence-corrected chi connectivity index (χ2v) is 7.56. The van der Waals surface area contributed by atoms with Crippen molar-refractivity contribution in [3.05, 3.63) is 54.6 Å². The summed E-state index contributed by atoms with van der Waals surface area (Å²) in [4.78, 5) is 8.71. The number of aromatic nitrogens is 6. The number of rotatable bonds is 5. The van der Waals surface area contributed by atoms with Gasteiger partial charge < -0.3 is 9.84 Å². The highest BCUT2D eigenvalue weighted by Crippen LogP contribution is 2.24. The first-order valence-electron chi connectivity index (χ1n) is 9.02. The molecule has 4 rings (SSSR count). The average molecular weight is 378 g/mol. The molecule has 0 saturated carbocycles. The SMILES string of the molecule is CC(C)(C)OC[C@H](O)c1cnc2c(cnn2-c2cccc(-c3ncn[nH]3)c2)c1. The number of aliphatic hydroxyl groups is 1. The third kappa shape index (κ3) is 3.78. The first kappa shape index (κ1) is 18.3. The van der Waals surface area contributed by atoms with Crippen molar-refractivity contribution >= 4 is 11.0 Å². The minimum absolute atomic E-state index is 0.212. The van der Waals surface area contributed by atoms with Crippen LogP contribution < -0.4 is 0 Å². The maximum absolute atomic E-state index is 10.4. The molecular formula is C20H22N6O2. The molecule has 0 aliphatic heterocycles. The zero-order valence-electron chi connectivity index (χ0n) is 16.0. The van der Waals surface area contributed by atoms with Crippen LogP contribution in [0.5, 0.6) is 0 Å². The van der Waals surface area contributed by atoms with Gasteiger partial charge in [-0.25, -0.2) is 14.6 Å². The number of fused-ring (bicyclic) bond motifs is 1. The molecule has 3 heterocycles. The van der Waals surface area contributed by atoms with E-state index in [9.17, 15) is 5.11 Å². The molecule has 0 fully saturated rings. The number of aliphatic hydroxyl groups excluding tert-OH is 1. The molecule has 0 spiro atoms. The largest absolute Gasteiger partial charge is 0.386 e. The predicted molar refractivity (Wildman–Crippen MR) is 105 cm³/mol. The van der Waals surface area contributed by atoms with Crippen molar-refractivity contribution in [2.45, 2.75) is 32.5 Å². The molecule has 3 aromatic heterocycles. The topological polar surface area (TPSA) is 102 Å². The van der Waals surface area contributed by atoms with Gasteiger partial charge in [0.25, 0.3) is 0 Å². The number of hydrogen-bond donors (Lipinski definition) is 2. The van der Waals surface area contributed by atoms with Crippen LogP contribution >= 0.6 is 0 Å². The smallest absolute Gasteiger partial charge is 0.162 e. The molecule has 8 heteroatoms. The van der Waals surface area contributed by atoms with E-state index < -0.39 is 6.10 Å². The first-order valence-corrected chi connectivity index (χ1v) is 9.02. The summed E-state index contributed by atoms with van der Waals surface area (Å²) in [5.74, 6) is 0.690. The molecule has 28 heavy (non-hydrogen) atoms. The lowest BCUT2D eigenvalue weighted by Crippen LogP contribution is -2.22. The molecule has 0 aliphatic carbocycles. The van der Waals surface area contributed by atoms with Gasteiger partial charge in [0.2, 0.25) is 0 Å². The fraction of sp³-hybridized carbons (Fsp3) is 0.300. The molecule has 0 amide bonds. The highest BCUT2D eigenvalue weighted by atomic mass is 16.5. The van der Waals surface area contributed by atoms with E-state index >= 15 is 0 Å². The van der Waals surface area contributed by atoms with Crippen LogP contribution in [0, 0.1) is 0 Å². The van der Waals surface area contributed by atoms with Gasteiger partial charge >= 0.3 is 0 Å². The third-order valence-electron chi connectivity index (χ3n) is 4.27. The van der Waals surface area contributed by atoms with E-state index in [1.165, 1.54) is 6.33 Å². The van der Waals surface area contributed by atoms with Gasteiger partial charge in [-0.15, -0.1) is 0 Å². The Morgan fingerprint density at radius 3 is 2.79 bits per heavy atom. The Bertz CT molecular complexity index is 1080. The van der Waals surface area contributed by atoms with Crippen molar-refractivity contribution in [1.82, 2.24) is 29.9 Å². The fourth-order valence-electron chi connectivity index (χ4n) is 2.86. The number of aromatic amines is 1. The quantitative estimate of drug-likeness (QED) is 0.553. The number of H-pyrrole nitrogens is 1. The van der Waals surface area contributed by atoms with Gasteiger partial charge in [0.05, 0.1) is 24.1 Å². The molecule has 0 bridgehead atoms. The van der Waals surface area contributed by atoms with Crippen LogP contribution in [0.25, 0.3) is 28.1 Å². The van der Waals surface area contributed by atoms with Gasteiger partial charge in [0, 0.05) is 22.7 Å². The van der Waals surface area contributed by atoms with Crippen molar-refractivity contribution in [3.63, 3.8) is 0 Å². The zero-order chi connectivity index (χ0) is 19.7. The first-order chi connectivity index (χ1) is 13.4. The highest BCUT2D eigenvalue weighted by molar-refractivity contribution is 5.77. The summed E-state index contributed by atoms with van der Waals surface area (Å²) in [5, 5.41) is 22.5. The summed E-state index contributed by atoms with van der Waals surface area (Å²) in [6.07, 6.45) is 4.14. The average Bonchev–Trinajstić information content (AvgIpc) is 3.35. The van der Waals surface area contributed by atoms with Crippen LogP contribution in [0.2, 0.25) is 0 Å². The van der Waals surface area contributed by atoms with E-state index in [1.54, 1.807) is 17.1 Å². The molecular weight excluding hydrogens is 356 g/mol. The van der Waals surface area contributed by atoms with Gasteiger partial charge in [0.15, 0.2) is 11.5 Å². The lowest BCUT2D eigenvalue weighted by Gasteiger charge is -2.22. The molecule has 1 aromatic carbocycles. The number of benzene rings is 1. The van der Waals surface area contributed by atoms with E-state index in [0.29, 0.717) is 17.0 Å². The number of ether oxygens (including phenoxy) is 1. The van der Waals surface area contributed by atoms with Crippen LogP contribution in [0.1, 0.15) is 32.4 Å². The Balaban J connectivity index is 1.63. The van der Waals surface area contributed by atoms with Gasteiger partial charge in [-0.1, -0.05) is 12.1 Å². The Hall–Kier alpha value is -3.10. The summed E-state index contributed by atoms with van der Waals surface area (Å²) < 4.78 is 7.43. The lowest BCUT2D eigenvalue weighted by atomic mass is 10.1. The van der Waals surface area contributed by atoms with Crippen molar-refractivity contribution in [2.75, 3.05) is 6.61 Å². The van der Waals surface area contributed by atoms with Gasteiger partial charge in [-0.05, 0) is 39.0 Å². The lowest BCUT2D eigenvalue weighted by molar-refractivity contribution is -0.0496. The molecule has 1 atom stereocenters. The maximum atomic E-state index is 10.4. The van der Waals surface area contributed by atoms with E-state index in [1.807, 2.05) is 51.1 Å². The fourth-order valence-corrected chi connectivity index (χ4v) is 2.86. The Labute approximate surface area is 162 Å². The predicted octanol–water partition coefficient (Wildman–Crippen LogP) is 3.05. The number of nitrogens with zero attached hydrogens (tertiary/aromatic N) is 5. The molecule has 4 aromatic rings. The molecule has 8 nitrogen and oxygen atoms in total. The summed E-state index contributed by atoms with van der Waals surface area (Å²) in [5.41, 5.74) is 2.87. The minimum Gasteiger partial charge on any atom is -0.386 e. The molecule has 0 radical (unpaired) electrons. The van der Waals surface area contributed by atoms with Crippen LogP contribution in [-0.4, -0.2) is 47.3 Å². The molecule has 0 aliphatic rings. The van der Waals surface area contributed by atoms with Crippen molar-refractivity contribution < 1.29 is 9.84 Å². The van der Waals surface area contributed by atoms with Crippen LogP contribution in [0.3, 0.4) is 0 Å². The van der Waals surface area contributed by atoms with E-state index in [2.05, 4.69) is 25.3 Å². The van der Waals surface area contributed by atoms with E-state index in [-0.39, 0.29) is 12.2 Å². The van der Waals surface area contributed by atoms with Crippen LogP contribution in [0.4, 0.5) is 0 Å². The third-order valence-corrected chi connectivity index (χ3v) is 4.27. The van der Waals surface area contributed by atoms with E-state index in [0.717, 1.165) is 16.6 Å². The molecule has 144 valence electrons. The highest BCUT2D eigenvalue weighted by Gasteiger charge is 2.17. The van der Waals surface area contributed by atoms with Gasteiger partial charge in [-0.3, -0.25) is 5.10 Å². The number of pyridine rings is 1. The molecule has 0 unspecified atom stereocenters. The van der Waals surface area contributed by atoms with Crippen molar-refractivity contribution in [1.29, 1.82) is 0 Å². The normalized spacial score (nSPS) is 13.1. The van der Waals surface area contributed by atoms with Gasteiger partial charge in [-0.2, -0.15) is 10.2 Å².